The van der Waals surface area contributed by atoms with Crippen molar-refractivity contribution in [3.05, 3.63) is 29.3 Å². The van der Waals surface area contributed by atoms with Crippen molar-refractivity contribution in [1.29, 1.82) is 0 Å². The Morgan fingerprint density at radius 3 is 2.39 bits per heavy atom. The van der Waals surface area contributed by atoms with Crippen LogP contribution in [0.15, 0.2) is 23.8 Å². The third-order valence-electron chi connectivity index (χ3n) is 3.57. The van der Waals surface area contributed by atoms with Crippen LogP contribution < -0.4 is 14.8 Å². The molecule has 0 unspecified atom stereocenters. The lowest BCUT2D eigenvalue weighted by Gasteiger charge is -2.01. The Labute approximate surface area is 139 Å². The number of likely N-dealkylation sites (N-methyl/N-ethyl adjacent to an activating group) is 1. The van der Waals surface area contributed by atoms with E-state index >= 15 is 0 Å². The number of carbonyl (C=O) groups is 1. The van der Waals surface area contributed by atoms with Gasteiger partial charge in [0.1, 0.15) is 0 Å². The van der Waals surface area contributed by atoms with Gasteiger partial charge in [-0.15, -0.1) is 0 Å². The van der Waals surface area contributed by atoms with Crippen LogP contribution in [-0.4, -0.2) is 19.7 Å². The molecule has 1 aromatic rings. The lowest BCUT2D eigenvalue weighted by Crippen LogP contribution is -2.18. The van der Waals surface area contributed by atoms with Crippen molar-refractivity contribution in [3.8, 4) is 11.5 Å². The summed E-state index contributed by atoms with van der Waals surface area (Å²) in [5.74, 6) is 1.38. The van der Waals surface area contributed by atoms with Gasteiger partial charge in [-0.05, 0) is 30.7 Å². The Morgan fingerprint density at radius 2 is 1.78 bits per heavy atom. The first-order valence-electron chi connectivity index (χ1n) is 8.42. The Kier molecular flexibility index (Phi) is 8.88. The van der Waals surface area contributed by atoms with Crippen molar-refractivity contribution in [2.45, 2.75) is 52.9 Å². The number of nitrogens with one attached hydrogen (secondary N) is 1. The summed E-state index contributed by atoms with van der Waals surface area (Å²) in [6.07, 6.45) is 8.81. The normalized spacial score (nSPS) is 12.4. The quantitative estimate of drug-likeness (QED) is 0.618. The van der Waals surface area contributed by atoms with Crippen molar-refractivity contribution in [3.63, 3.8) is 0 Å². The molecule has 1 aliphatic heterocycles. The first-order valence-corrected chi connectivity index (χ1v) is 8.42. The molecular weight excluding hydrogens is 290 g/mol. The summed E-state index contributed by atoms with van der Waals surface area (Å²) < 4.78 is 10.5. The van der Waals surface area contributed by atoms with Crippen LogP contribution in [0.1, 0.15) is 58.4 Å². The van der Waals surface area contributed by atoms with Gasteiger partial charge in [0.05, 0.1) is 0 Å². The fraction of sp³-hybridized carbons (Fsp3) is 0.526. The number of fused-ring (bicyclic) bond motifs is 1. The predicted molar refractivity (Wildman–Crippen MR) is 94.7 cm³/mol. The molecule has 0 aromatic heterocycles. The highest BCUT2D eigenvalue weighted by Crippen LogP contribution is 2.33. The SMILES string of the molecule is CCCCCCC.CNC(=O)/C(C)=C/c1ccc2c(c1)OCO2. The fourth-order valence-electron chi connectivity index (χ4n) is 2.19. The number of ether oxygens (including phenoxy) is 2. The van der Waals surface area contributed by atoms with Crippen molar-refractivity contribution >= 4 is 12.0 Å². The van der Waals surface area contributed by atoms with E-state index in [1.807, 2.05) is 18.2 Å². The third-order valence-corrected chi connectivity index (χ3v) is 3.57. The number of rotatable bonds is 6. The van der Waals surface area contributed by atoms with Crippen LogP contribution in [0.2, 0.25) is 0 Å². The van der Waals surface area contributed by atoms with Gasteiger partial charge in [0.15, 0.2) is 11.5 Å². The Bertz CT molecular complexity index is 519. The molecule has 0 radical (unpaired) electrons. The van der Waals surface area contributed by atoms with Crippen LogP contribution in [0.5, 0.6) is 11.5 Å². The van der Waals surface area contributed by atoms with Crippen LogP contribution in [-0.2, 0) is 4.79 Å². The molecular formula is C19H29NO3. The molecule has 1 N–H and O–H groups in total. The van der Waals surface area contributed by atoms with Gasteiger partial charge in [0, 0.05) is 12.6 Å². The fourth-order valence-corrected chi connectivity index (χ4v) is 2.19. The number of hydrogen-bond acceptors (Lipinski definition) is 3. The van der Waals surface area contributed by atoms with Gasteiger partial charge in [0.25, 0.3) is 0 Å². The monoisotopic (exact) mass is 319 g/mol. The summed E-state index contributed by atoms with van der Waals surface area (Å²) in [6, 6.07) is 5.58. The molecule has 23 heavy (non-hydrogen) atoms. The highest BCUT2D eigenvalue weighted by Gasteiger charge is 2.12. The van der Waals surface area contributed by atoms with E-state index in [0.717, 1.165) is 17.1 Å². The lowest BCUT2D eigenvalue weighted by molar-refractivity contribution is -0.116. The highest BCUT2D eigenvalue weighted by molar-refractivity contribution is 5.97. The molecule has 1 aromatic carbocycles. The van der Waals surface area contributed by atoms with E-state index in [-0.39, 0.29) is 12.7 Å². The summed E-state index contributed by atoms with van der Waals surface area (Å²) in [5, 5.41) is 2.57. The Balaban J connectivity index is 0.000000322. The average molecular weight is 319 g/mol. The second-order valence-corrected chi connectivity index (χ2v) is 5.58. The van der Waals surface area contributed by atoms with Gasteiger partial charge in [-0.25, -0.2) is 0 Å². The van der Waals surface area contributed by atoms with Crippen LogP contribution in [0.25, 0.3) is 6.08 Å². The standard InChI is InChI=1S/C12H13NO3.C7H16/c1-8(12(14)13-2)5-9-3-4-10-11(6-9)16-7-15-10;1-3-5-7-6-4-2/h3-6H,7H2,1-2H3,(H,13,14);3-7H2,1-2H3/b8-5+;. The zero-order chi connectivity index (χ0) is 17.1. The molecule has 0 saturated carbocycles. The van der Waals surface area contributed by atoms with Crippen molar-refractivity contribution in [1.82, 2.24) is 5.32 Å². The first kappa shape index (κ1) is 19.1. The summed E-state index contributed by atoms with van der Waals surface area (Å²) >= 11 is 0. The van der Waals surface area contributed by atoms with E-state index in [1.54, 1.807) is 20.0 Å². The molecule has 1 aliphatic rings. The molecule has 0 saturated heterocycles. The molecule has 0 atom stereocenters. The summed E-state index contributed by atoms with van der Waals surface area (Å²) in [5.41, 5.74) is 1.58. The number of carbonyl (C=O) groups excluding carboxylic acids is 1. The zero-order valence-corrected chi connectivity index (χ0v) is 14.8. The van der Waals surface area contributed by atoms with Crippen LogP contribution in [0.4, 0.5) is 0 Å². The van der Waals surface area contributed by atoms with Crippen LogP contribution >= 0.6 is 0 Å². The number of benzene rings is 1. The minimum Gasteiger partial charge on any atom is -0.454 e. The van der Waals surface area contributed by atoms with E-state index in [1.165, 1.54) is 32.1 Å². The van der Waals surface area contributed by atoms with Gasteiger partial charge in [-0.1, -0.05) is 52.0 Å². The second-order valence-electron chi connectivity index (χ2n) is 5.58. The van der Waals surface area contributed by atoms with E-state index in [4.69, 9.17) is 9.47 Å². The molecule has 4 heteroatoms. The summed E-state index contributed by atoms with van der Waals surface area (Å²) in [6.45, 7) is 6.52. The van der Waals surface area contributed by atoms with Gasteiger partial charge < -0.3 is 14.8 Å². The maximum atomic E-state index is 11.3. The zero-order valence-electron chi connectivity index (χ0n) is 14.8. The predicted octanol–water partition coefficient (Wildman–Crippen LogP) is 4.54. The topological polar surface area (TPSA) is 47.6 Å². The maximum Gasteiger partial charge on any atom is 0.246 e. The van der Waals surface area contributed by atoms with Crippen LogP contribution in [0.3, 0.4) is 0 Å². The number of amides is 1. The number of unbranched alkanes of at least 4 members (excludes halogenated alkanes) is 4. The average Bonchev–Trinajstić information content (AvgIpc) is 3.03. The van der Waals surface area contributed by atoms with E-state index < -0.39 is 0 Å². The third kappa shape index (κ3) is 6.76. The molecule has 2 rings (SSSR count). The Morgan fingerprint density at radius 1 is 1.13 bits per heavy atom. The smallest absolute Gasteiger partial charge is 0.246 e. The summed E-state index contributed by atoms with van der Waals surface area (Å²) in [4.78, 5) is 11.3. The van der Waals surface area contributed by atoms with Gasteiger partial charge >= 0.3 is 0 Å². The van der Waals surface area contributed by atoms with E-state index in [9.17, 15) is 4.79 Å². The van der Waals surface area contributed by atoms with Gasteiger partial charge in [-0.3, -0.25) is 4.79 Å². The molecule has 0 aliphatic carbocycles. The molecule has 128 valence electrons. The summed E-state index contributed by atoms with van der Waals surface area (Å²) in [7, 11) is 1.61. The minimum atomic E-state index is -0.0855. The van der Waals surface area contributed by atoms with E-state index in [0.29, 0.717) is 5.57 Å². The molecule has 4 nitrogen and oxygen atoms in total. The van der Waals surface area contributed by atoms with E-state index in [2.05, 4.69) is 19.2 Å². The number of hydrogen-bond donors (Lipinski definition) is 1. The molecule has 1 heterocycles. The van der Waals surface area contributed by atoms with Crippen molar-refractivity contribution in [2.75, 3.05) is 13.8 Å². The molecule has 1 amide bonds. The van der Waals surface area contributed by atoms with Crippen molar-refractivity contribution < 1.29 is 14.3 Å². The largest absolute Gasteiger partial charge is 0.454 e. The second kappa shape index (κ2) is 10.7. The lowest BCUT2D eigenvalue weighted by atomic mass is 10.1. The van der Waals surface area contributed by atoms with Crippen LogP contribution in [0, 0.1) is 0 Å². The van der Waals surface area contributed by atoms with Crippen molar-refractivity contribution in [2.24, 2.45) is 0 Å². The van der Waals surface area contributed by atoms with Gasteiger partial charge in [-0.2, -0.15) is 0 Å². The molecule has 0 spiro atoms. The molecule has 0 fully saturated rings. The Hall–Kier alpha value is -1.97. The molecule has 0 bridgehead atoms. The minimum absolute atomic E-state index is 0.0855. The maximum absolute atomic E-state index is 11.3. The first-order chi connectivity index (χ1) is 11.1. The van der Waals surface area contributed by atoms with Gasteiger partial charge in [0.2, 0.25) is 12.7 Å². The highest BCUT2D eigenvalue weighted by atomic mass is 16.7.